The first-order valence-electron chi connectivity index (χ1n) is 6.05. The highest BCUT2D eigenvalue weighted by atomic mass is 32.2. The minimum absolute atomic E-state index is 0.00514. The Morgan fingerprint density at radius 3 is 2.55 bits per heavy atom. The molecule has 0 saturated carbocycles. The van der Waals surface area contributed by atoms with Crippen molar-refractivity contribution in [3.05, 3.63) is 11.8 Å². The molecule has 0 aliphatic rings. The lowest BCUT2D eigenvalue weighted by Crippen LogP contribution is -2.32. The van der Waals surface area contributed by atoms with E-state index in [1.54, 1.807) is 0 Å². The van der Waals surface area contributed by atoms with Crippen LogP contribution in [0.1, 0.15) is 12.5 Å². The van der Waals surface area contributed by atoms with Crippen molar-refractivity contribution in [3.8, 4) is 0 Å². The molecule has 2 N–H and O–H groups in total. The summed E-state index contributed by atoms with van der Waals surface area (Å²) in [6.07, 6.45) is 2.51. The monoisotopic (exact) mass is 324 g/mol. The van der Waals surface area contributed by atoms with Crippen LogP contribution in [0.4, 0.5) is 0 Å². The average Bonchev–Trinajstić information content (AvgIpc) is 2.81. The van der Waals surface area contributed by atoms with Gasteiger partial charge in [-0.15, -0.1) is 0 Å². The maximum Gasteiger partial charge on any atom is 0.260 e. The third-order valence-corrected chi connectivity index (χ3v) is 5.49. The van der Waals surface area contributed by atoms with Crippen molar-refractivity contribution in [2.24, 2.45) is 0 Å². The number of nitrogens with zero attached hydrogens (tertiary/aromatic N) is 2. The number of sulfone groups is 1. The van der Waals surface area contributed by atoms with Gasteiger partial charge in [-0.25, -0.2) is 16.8 Å². The molecule has 0 aromatic carbocycles. The molecule has 0 aliphatic heterocycles. The van der Waals surface area contributed by atoms with Crippen LogP contribution in [-0.2, 0) is 26.4 Å². The number of aromatic nitrogens is 2. The molecule has 8 nitrogen and oxygen atoms in total. The van der Waals surface area contributed by atoms with Crippen molar-refractivity contribution in [1.82, 2.24) is 19.8 Å². The van der Waals surface area contributed by atoms with E-state index in [0.29, 0.717) is 18.7 Å². The summed E-state index contributed by atoms with van der Waals surface area (Å²) in [6, 6.07) is 0. The number of hydrogen-bond donors (Lipinski definition) is 2. The van der Waals surface area contributed by atoms with E-state index in [0.717, 1.165) is 10.6 Å². The first-order chi connectivity index (χ1) is 9.18. The molecule has 0 atom stereocenters. The van der Waals surface area contributed by atoms with Crippen LogP contribution in [-0.4, -0.2) is 63.5 Å². The van der Waals surface area contributed by atoms with Gasteiger partial charge in [0, 0.05) is 32.0 Å². The van der Waals surface area contributed by atoms with Crippen molar-refractivity contribution < 1.29 is 16.8 Å². The van der Waals surface area contributed by atoms with E-state index >= 15 is 0 Å². The Kier molecular flexibility index (Phi) is 5.68. The van der Waals surface area contributed by atoms with Crippen LogP contribution in [0, 0.1) is 0 Å². The summed E-state index contributed by atoms with van der Waals surface area (Å²) in [7, 11) is -5.64. The van der Waals surface area contributed by atoms with Crippen LogP contribution in [0.5, 0.6) is 0 Å². The van der Waals surface area contributed by atoms with Gasteiger partial charge in [0.25, 0.3) is 10.0 Å². The first-order valence-corrected chi connectivity index (χ1v) is 9.55. The standard InChI is InChI=1S/C10H20N4O4S2/c1-4-11-7-9-8-12-13-10(9)20(17,18)14(2)5-6-19(3,15)16/h8,11H,4-7H2,1-3H3,(H,12,13). The van der Waals surface area contributed by atoms with Crippen molar-refractivity contribution in [2.45, 2.75) is 18.5 Å². The van der Waals surface area contributed by atoms with Crippen molar-refractivity contribution in [2.75, 3.05) is 32.1 Å². The molecule has 0 fully saturated rings. The van der Waals surface area contributed by atoms with E-state index in [9.17, 15) is 16.8 Å². The average molecular weight is 324 g/mol. The number of rotatable bonds is 8. The molecule has 1 heterocycles. The zero-order valence-corrected chi connectivity index (χ0v) is 13.4. The van der Waals surface area contributed by atoms with Crippen molar-refractivity contribution in [1.29, 1.82) is 0 Å². The Hall–Kier alpha value is -0.970. The summed E-state index contributed by atoms with van der Waals surface area (Å²) in [4.78, 5) is 0. The van der Waals surface area contributed by atoms with Gasteiger partial charge in [0.1, 0.15) is 9.84 Å². The van der Waals surface area contributed by atoms with Gasteiger partial charge in [-0.1, -0.05) is 6.92 Å². The van der Waals surface area contributed by atoms with Gasteiger partial charge in [-0.3, -0.25) is 5.10 Å². The fourth-order valence-corrected chi connectivity index (χ4v) is 3.47. The highest BCUT2D eigenvalue weighted by Crippen LogP contribution is 2.16. The predicted octanol–water partition coefficient (Wildman–Crippen LogP) is -0.816. The molecule has 0 aliphatic carbocycles. The lowest BCUT2D eigenvalue weighted by molar-refractivity contribution is 0.480. The zero-order chi connectivity index (χ0) is 15.4. The Labute approximate surface area is 119 Å². The number of H-pyrrole nitrogens is 1. The highest BCUT2D eigenvalue weighted by Gasteiger charge is 2.26. The second kappa shape index (κ2) is 6.66. The molecule has 0 amide bonds. The highest BCUT2D eigenvalue weighted by molar-refractivity contribution is 7.91. The SMILES string of the molecule is CCNCc1cn[nH]c1S(=O)(=O)N(C)CCS(C)(=O)=O. The smallest absolute Gasteiger partial charge is 0.260 e. The van der Waals surface area contributed by atoms with Crippen molar-refractivity contribution >= 4 is 19.9 Å². The van der Waals surface area contributed by atoms with Crippen LogP contribution in [0.3, 0.4) is 0 Å². The summed E-state index contributed by atoms with van der Waals surface area (Å²) in [6.45, 7) is 2.89. The normalized spacial score (nSPS) is 13.0. The topological polar surface area (TPSA) is 112 Å². The minimum atomic E-state index is -3.77. The maximum absolute atomic E-state index is 12.3. The molecule has 1 aromatic rings. The Balaban J connectivity index is 2.90. The van der Waals surface area contributed by atoms with Crippen molar-refractivity contribution in [3.63, 3.8) is 0 Å². The van der Waals surface area contributed by atoms with Gasteiger partial charge >= 0.3 is 0 Å². The first kappa shape index (κ1) is 17.1. The lowest BCUT2D eigenvalue weighted by atomic mass is 10.3. The van der Waals surface area contributed by atoms with E-state index < -0.39 is 19.9 Å². The summed E-state index contributed by atoms with van der Waals surface area (Å²) in [5.41, 5.74) is 0.526. The van der Waals surface area contributed by atoms with E-state index in [4.69, 9.17) is 0 Å². The van der Waals surface area contributed by atoms with Gasteiger partial charge in [0.2, 0.25) is 0 Å². The van der Waals surface area contributed by atoms with E-state index in [1.807, 2.05) is 6.92 Å². The molecule has 1 rings (SSSR count). The van der Waals surface area contributed by atoms with Gasteiger partial charge < -0.3 is 5.32 Å². The van der Waals surface area contributed by atoms with Gasteiger partial charge in [-0.05, 0) is 6.54 Å². The summed E-state index contributed by atoms with van der Waals surface area (Å²) in [5, 5.41) is 9.22. The van der Waals surface area contributed by atoms with Crippen LogP contribution in [0.15, 0.2) is 11.2 Å². The van der Waals surface area contributed by atoms with E-state index in [1.165, 1.54) is 13.2 Å². The zero-order valence-electron chi connectivity index (χ0n) is 11.7. The maximum atomic E-state index is 12.3. The molecule has 1 aromatic heterocycles. The molecule has 0 bridgehead atoms. The fraction of sp³-hybridized carbons (Fsp3) is 0.700. The number of aromatic amines is 1. The Morgan fingerprint density at radius 1 is 1.35 bits per heavy atom. The molecule has 10 heteroatoms. The molecule has 0 saturated heterocycles. The van der Waals surface area contributed by atoms with Gasteiger partial charge in [0.15, 0.2) is 5.03 Å². The largest absolute Gasteiger partial charge is 0.313 e. The number of sulfonamides is 1. The predicted molar refractivity (Wildman–Crippen MR) is 75.5 cm³/mol. The quantitative estimate of drug-likeness (QED) is 0.646. The third kappa shape index (κ3) is 4.54. The third-order valence-electron chi connectivity index (χ3n) is 2.69. The van der Waals surface area contributed by atoms with Crippen LogP contribution >= 0.6 is 0 Å². The fourth-order valence-electron chi connectivity index (χ4n) is 1.48. The van der Waals surface area contributed by atoms with Gasteiger partial charge in [-0.2, -0.15) is 9.40 Å². The summed E-state index contributed by atoms with van der Waals surface area (Å²) < 4.78 is 47.9. The van der Waals surface area contributed by atoms with Crippen LogP contribution in [0.2, 0.25) is 0 Å². The van der Waals surface area contributed by atoms with Crippen LogP contribution in [0.25, 0.3) is 0 Å². The molecule has 0 spiro atoms. The lowest BCUT2D eigenvalue weighted by Gasteiger charge is -2.16. The second-order valence-corrected chi connectivity index (χ2v) is 8.70. The summed E-state index contributed by atoms with van der Waals surface area (Å²) >= 11 is 0. The molecule has 116 valence electrons. The van der Waals surface area contributed by atoms with Crippen LogP contribution < -0.4 is 5.32 Å². The minimum Gasteiger partial charge on any atom is -0.313 e. The second-order valence-electron chi connectivity index (χ2n) is 4.46. The number of hydrogen-bond acceptors (Lipinski definition) is 6. The molecular weight excluding hydrogens is 304 g/mol. The molecule has 20 heavy (non-hydrogen) atoms. The van der Waals surface area contributed by atoms with Gasteiger partial charge in [0.05, 0.1) is 11.9 Å². The Bertz CT molecular complexity index is 636. The van der Waals surface area contributed by atoms with E-state index in [-0.39, 0.29) is 17.3 Å². The summed E-state index contributed by atoms with van der Waals surface area (Å²) in [5.74, 6) is -0.223. The molecule has 0 radical (unpaired) electrons. The molecule has 0 unspecified atom stereocenters. The number of nitrogens with one attached hydrogen (secondary N) is 2. The Morgan fingerprint density at radius 2 is 2.00 bits per heavy atom. The van der Waals surface area contributed by atoms with E-state index in [2.05, 4.69) is 15.5 Å². The molecular formula is C10H20N4O4S2.